The summed E-state index contributed by atoms with van der Waals surface area (Å²) in [4.78, 5) is 0. The third-order valence-corrected chi connectivity index (χ3v) is 1.13. The lowest BCUT2D eigenvalue weighted by atomic mass is 9.91. The molecule has 0 unspecified atom stereocenters. The number of halogens is 1. The lowest BCUT2D eigenvalue weighted by Gasteiger charge is -2.16. The molecule has 0 aliphatic heterocycles. The van der Waals surface area contributed by atoms with Gasteiger partial charge in [-0.3, -0.25) is 0 Å². The first-order valence-corrected chi connectivity index (χ1v) is 3.26. The molecule has 58 valence electrons. The third kappa shape index (κ3) is 11.7. The van der Waals surface area contributed by atoms with Crippen LogP contribution in [0.5, 0.6) is 0 Å². The molecule has 0 fully saturated rings. The highest BCUT2D eigenvalue weighted by molar-refractivity contribution is 5.85. The van der Waals surface area contributed by atoms with Crippen molar-refractivity contribution in [3.8, 4) is 0 Å². The maximum atomic E-state index is 5.34. The summed E-state index contributed by atoms with van der Waals surface area (Å²) in [7, 11) is 0. The van der Waals surface area contributed by atoms with Gasteiger partial charge < -0.3 is 5.73 Å². The molecule has 0 bridgehead atoms. The van der Waals surface area contributed by atoms with Gasteiger partial charge in [-0.05, 0) is 24.8 Å². The molecule has 0 heterocycles. The molecule has 0 aromatic rings. The normalized spacial score (nSPS) is 10.7. The van der Waals surface area contributed by atoms with E-state index in [0.29, 0.717) is 5.41 Å². The first-order chi connectivity index (χ1) is 3.56. The van der Waals surface area contributed by atoms with Crippen molar-refractivity contribution in [2.45, 2.75) is 33.6 Å². The molecular weight excluding hydrogens is 134 g/mol. The van der Waals surface area contributed by atoms with E-state index >= 15 is 0 Å². The molecule has 0 aromatic carbocycles. The monoisotopic (exact) mass is 151 g/mol. The van der Waals surface area contributed by atoms with Crippen molar-refractivity contribution in [3.05, 3.63) is 0 Å². The minimum Gasteiger partial charge on any atom is -0.330 e. The molecule has 2 N–H and O–H groups in total. The van der Waals surface area contributed by atoms with Crippen molar-refractivity contribution >= 4 is 12.4 Å². The van der Waals surface area contributed by atoms with Crippen LogP contribution in [0.2, 0.25) is 0 Å². The van der Waals surface area contributed by atoms with Gasteiger partial charge >= 0.3 is 0 Å². The van der Waals surface area contributed by atoms with Crippen LogP contribution in [0.4, 0.5) is 0 Å². The Hall–Kier alpha value is 0.250. The van der Waals surface area contributed by atoms with E-state index in [4.69, 9.17) is 5.73 Å². The Morgan fingerprint density at radius 3 is 1.78 bits per heavy atom. The van der Waals surface area contributed by atoms with Crippen molar-refractivity contribution in [2.75, 3.05) is 6.54 Å². The van der Waals surface area contributed by atoms with E-state index in [1.807, 2.05) is 0 Å². The molecule has 0 amide bonds. The van der Waals surface area contributed by atoms with Gasteiger partial charge in [0.2, 0.25) is 0 Å². The lowest BCUT2D eigenvalue weighted by molar-refractivity contribution is 0.368. The molecule has 0 saturated heterocycles. The van der Waals surface area contributed by atoms with Gasteiger partial charge in [0.05, 0.1) is 0 Å². The highest BCUT2D eigenvalue weighted by Gasteiger charge is 2.07. The third-order valence-electron chi connectivity index (χ3n) is 1.13. The van der Waals surface area contributed by atoms with Crippen LogP contribution >= 0.6 is 12.4 Å². The summed E-state index contributed by atoms with van der Waals surface area (Å²) >= 11 is 0. The summed E-state index contributed by atoms with van der Waals surface area (Å²) in [6, 6.07) is 0. The predicted octanol–water partition coefficient (Wildman–Crippen LogP) is 2.19. The Kier molecular flexibility index (Phi) is 6.74. The van der Waals surface area contributed by atoms with Gasteiger partial charge in [-0.15, -0.1) is 12.4 Å². The zero-order valence-electron chi connectivity index (χ0n) is 6.61. The first kappa shape index (κ1) is 12.0. The van der Waals surface area contributed by atoms with E-state index < -0.39 is 0 Å². The minimum absolute atomic E-state index is 0. The summed E-state index contributed by atoms with van der Waals surface area (Å²) in [5.41, 5.74) is 5.81. The van der Waals surface area contributed by atoms with Crippen molar-refractivity contribution in [2.24, 2.45) is 11.1 Å². The Labute approximate surface area is 64.4 Å². The van der Waals surface area contributed by atoms with E-state index in [9.17, 15) is 0 Å². The molecule has 0 aliphatic carbocycles. The van der Waals surface area contributed by atoms with Crippen molar-refractivity contribution < 1.29 is 0 Å². The molecule has 0 rings (SSSR count). The highest BCUT2D eigenvalue weighted by Crippen LogP contribution is 2.19. The van der Waals surface area contributed by atoms with Gasteiger partial charge in [0.25, 0.3) is 0 Å². The van der Waals surface area contributed by atoms with Crippen LogP contribution in [-0.4, -0.2) is 6.54 Å². The summed E-state index contributed by atoms with van der Waals surface area (Å²) in [6.07, 6.45) is 2.40. The van der Waals surface area contributed by atoms with Crippen LogP contribution in [0.3, 0.4) is 0 Å². The predicted molar refractivity (Wildman–Crippen MR) is 45.0 cm³/mol. The maximum absolute atomic E-state index is 5.34. The van der Waals surface area contributed by atoms with Crippen LogP contribution in [0, 0.1) is 5.41 Å². The molecule has 0 aromatic heterocycles. The molecule has 2 heteroatoms. The largest absolute Gasteiger partial charge is 0.330 e. The van der Waals surface area contributed by atoms with Crippen LogP contribution < -0.4 is 5.73 Å². The molecule has 0 aliphatic rings. The maximum Gasteiger partial charge on any atom is -0.00771 e. The van der Waals surface area contributed by atoms with Crippen LogP contribution in [0.1, 0.15) is 33.6 Å². The number of hydrogen-bond acceptors (Lipinski definition) is 1. The fourth-order valence-corrected chi connectivity index (χ4v) is 0.632. The number of rotatable bonds is 2. The average molecular weight is 152 g/mol. The van der Waals surface area contributed by atoms with Crippen LogP contribution in [0.25, 0.3) is 0 Å². The molecule has 0 spiro atoms. The van der Waals surface area contributed by atoms with Gasteiger partial charge in [-0.1, -0.05) is 20.8 Å². The Morgan fingerprint density at radius 1 is 1.22 bits per heavy atom. The Balaban J connectivity index is 0. The topological polar surface area (TPSA) is 26.0 Å². The summed E-state index contributed by atoms with van der Waals surface area (Å²) in [6.45, 7) is 7.55. The smallest absolute Gasteiger partial charge is 0.00771 e. The Morgan fingerprint density at radius 2 is 1.67 bits per heavy atom. The fraction of sp³-hybridized carbons (Fsp3) is 1.00. The van der Waals surface area contributed by atoms with Crippen molar-refractivity contribution in [3.63, 3.8) is 0 Å². The van der Waals surface area contributed by atoms with Crippen molar-refractivity contribution in [1.82, 2.24) is 0 Å². The molecule has 1 nitrogen and oxygen atoms in total. The highest BCUT2D eigenvalue weighted by atomic mass is 35.5. The summed E-state index contributed by atoms with van der Waals surface area (Å²) in [5.74, 6) is 0. The minimum atomic E-state index is 0. The van der Waals surface area contributed by atoms with E-state index in [-0.39, 0.29) is 12.4 Å². The van der Waals surface area contributed by atoms with E-state index in [1.54, 1.807) is 0 Å². The summed E-state index contributed by atoms with van der Waals surface area (Å²) < 4.78 is 0. The van der Waals surface area contributed by atoms with Gasteiger partial charge in [-0.2, -0.15) is 0 Å². The molecular formula is C7H18ClN. The number of hydrogen-bond donors (Lipinski definition) is 1. The van der Waals surface area contributed by atoms with E-state index in [2.05, 4.69) is 20.8 Å². The molecule has 9 heavy (non-hydrogen) atoms. The zero-order valence-corrected chi connectivity index (χ0v) is 7.42. The second-order valence-electron chi connectivity index (χ2n) is 3.45. The standard InChI is InChI=1S/C7H17N.ClH/c1-7(2,3)5-4-6-8;/h4-6,8H2,1-3H3;1H. The first-order valence-electron chi connectivity index (χ1n) is 3.26. The SMILES string of the molecule is CC(C)(C)CCCN.Cl. The lowest BCUT2D eigenvalue weighted by Crippen LogP contribution is -2.08. The molecule has 0 saturated carbocycles. The van der Waals surface area contributed by atoms with E-state index in [1.165, 1.54) is 6.42 Å². The quantitative estimate of drug-likeness (QED) is 0.644. The fourth-order valence-electron chi connectivity index (χ4n) is 0.632. The van der Waals surface area contributed by atoms with Gasteiger partial charge in [-0.25, -0.2) is 0 Å². The van der Waals surface area contributed by atoms with Crippen molar-refractivity contribution in [1.29, 1.82) is 0 Å². The number of nitrogens with two attached hydrogens (primary N) is 1. The van der Waals surface area contributed by atoms with Gasteiger partial charge in [0, 0.05) is 0 Å². The second kappa shape index (κ2) is 5.07. The zero-order chi connectivity index (χ0) is 6.62. The van der Waals surface area contributed by atoms with Crippen LogP contribution in [-0.2, 0) is 0 Å². The van der Waals surface area contributed by atoms with Crippen LogP contribution in [0.15, 0.2) is 0 Å². The average Bonchev–Trinajstić information content (AvgIpc) is 1.59. The summed E-state index contributed by atoms with van der Waals surface area (Å²) in [5, 5.41) is 0. The molecule has 0 atom stereocenters. The molecule has 0 radical (unpaired) electrons. The van der Waals surface area contributed by atoms with E-state index in [0.717, 1.165) is 13.0 Å². The second-order valence-corrected chi connectivity index (χ2v) is 3.45. The van der Waals surface area contributed by atoms with Gasteiger partial charge in [0.15, 0.2) is 0 Å². The Bertz CT molecular complexity index is 56.4. The van der Waals surface area contributed by atoms with Gasteiger partial charge in [0.1, 0.15) is 0 Å².